The van der Waals surface area contributed by atoms with E-state index in [0.717, 1.165) is 5.56 Å². The lowest BCUT2D eigenvalue weighted by Gasteiger charge is -2.14. The van der Waals surface area contributed by atoms with Gasteiger partial charge in [-0.05, 0) is 43.2 Å². The van der Waals surface area contributed by atoms with Crippen molar-refractivity contribution in [3.63, 3.8) is 0 Å². The molecule has 23 heavy (non-hydrogen) atoms. The van der Waals surface area contributed by atoms with Gasteiger partial charge in [0.15, 0.2) is 0 Å². The van der Waals surface area contributed by atoms with E-state index in [1.54, 1.807) is 24.3 Å². The fourth-order valence-corrected chi connectivity index (χ4v) is 2.53. The van der Waals surface area contributed by atoms with Gasteiger partial charge in [0.05, 0.1) is 17.4 Å². The van der Waals surface area contributed by atoms with Crippen LogP contribution in [0.1, 0.15) is 22.8 Å². The Morgan fingerprint density at radius 3 is 2.83 bits per heavy atom. The number of phenolic OH excluding ortho intramolecular Hbond substituents is 1. The van der Waals surface area contributed by atoms with E-state index in [-0.39, 0.29) is 23.3 Å². The minimum atomic E-state index is -0.488. The molecule has 0 aliphatic carbocycles. The van der Waals surface area contributed by atoms with Crippen LogP contribution in [0.3, 0.4) is 0 Å². The lowest BCUT2D eigenvalue weighted by molar-refractivity contribution is 0.0941. The highest BCUT2D eigenvalue weighted by molar-refractivity contribution is 6.04. The van der Waals surface area contributed by atoms with Crippen molar-refractivity contribution in [2.24, 2.45) is 0 Å². The molecule has 1 atom stereocenters. The van der Waals surface area contributed by atoms with Crippen LogP contribution in [0.25, 0.3) is 11.0 Å². The van der Waals surface area contributed by atoms with E-state index >= 15 is 0 Å². The molecule has 1 aromatic heterocycles. The van der Waals surface area contributed by atoms with E-state index in [0.29, 0.717) is 17.5 Å². The van der Waals surface area contributed by atoms with Gasteiger partial charge >= 0.3 is 0 Å². The number of aromatic hydroxyl groups is 1. The average Bonchev–Trinajstić information content (AvgIpc) is 2.96. The molecule has 1 heterocycles. The Morgan fingerprint density at radius 1 is 1.35 bits per heavy atom. The topological polar surface area (TPSA) is 78.0 Å². The van der Waals surface area contributed by atoms with Crippen LogP contribution >= 0.6 is 0 Å². The molecule has 3 rings (SSSR count). The third-order valence-electron chi connectivity index (χ3n) is 3.59. The summed E-state index contributed by atoms with van der Waals surface area (Å²) in [5, 5.41) is 12.1. The molecule has 0 fully saturated rings. The molecule has 0 unspecified atom stereocenters. The van der Waals surface area contributed by atoms with Gasteiger partial charge in [-0.25, -0.2) is 9.37 Å². The van der Waals surface area contributed by atoms with E-state index in [1.165, 1.54) is 18.5 Å². The molecule has 0 saturated heterocycles. The molecule has 0 aliphatic heterocycles. The highest BCUT2D eigenvalue weighted by atomic mass is 19.1. The molecule has 5 nitrogen and oxygen atoms in total. The number of carbonyl (C=O) groups is 1. The summed E-state index contributed by atoms with van der Waals surface area (Å²) < 4.78 is 13.6. The number of phenols is 1. The lowest BCUT2D eigenvalue weighted by Crippen LogP contribution is -2.34. The number of H-pyrrole nitrogens is 1. The summed E-state index contributed by atoms with van der Waals surface area (Å²) in [5.74, 6) is -0.655. The SMILES string of the molecule is C[C@@H](Cc1ccc(O)cc1)NC(=O)c1cc(F)cc2[nH]cnc12. The molecule has 3 N–H and O–H groups in total. The van der Waals surface area contributed by atoms with Crippen molar-refractivity contribution >= 4 is 16.9 Å². The van der Waals surface area contributed by atoms with Crippen LogP contribution in [0, 0.1) is 5.82 Å². The highest BCUT2D eigenvalue weighted by Crippen LogP contribution is 2.17. The molecule has 0 aliphatic rings. The van der Waals surface area contributed by atoms with Gasteiger partial charge in [0.2, 0.25) is 0 Å². The second-order valence-corrected chi connectivity index (χ2v) is 5.50. The Kier molecular flexibility index (Phi) is 3.97. The number of rotatable bonds is 4. The standard InChI is InChI=1S/C17H16FN3O2/c1-10(6-11-2-4-13(22)5-3-11)21-17(23)14-7-12(18)8-15-16(14)20-9-19-15/h2-5,7-10,22H,6H2,1H3,(H,19,20)(H,21,23)/t10-/m0/s1. The summed E-state index contributed by atoms with van der Waals surface area (Å²) in [5.41, 5.74) is 2.13. The monoisotopic (exact) mass is 313 g/mol. The maximum Gasteiger partial charge on any atom is 0.253 e. The van der Waals surface area contributed by atoms with Crippen molar-refractivity contribution in [2.75, 3.05) is 0 Å². The summed E-state index contributed by atoms with van der Waals surface area (Å²) in [6.45, 7) is 1.87. The average molecular weight is 313 g/mol. The second kappa shape index (κ2) is 6.08. The van der Waals surface area contributed by atoms with Crippen molar-refractivity contribution < 1.29 is 14.3 Å². The third kappa shape index (κ3) is 3.31. The molecule has 0 spiro atoms. The largest absolute Gasteiger partial charge is 0.508 e. The van der Waals surface area contributed by atoms with Crippen molar-refractivity contribution in [3.8, 4) is 5.75 Å². The van der Waals surface area contributed by atoms with E-state index < -0.39 is 5.82 Å². The first-order valence-corrected chi connectivity index (χ1v) is 7.24. The summed E-state index contributed by atoms with van der Waals surface area (Å²) in [4.78, 5) is 19.3. The fraction of sp³-hybridized carbons (Fsp3) is 0.176. The quantitative estimate of drug-likeness (QED) is 0.693. The van der Waals surface area contributed by atoms with Crippen LogP contribution in [0.4, 0.5) is 4.39 Å². The Morgan fingerprint density at radius 2 is 2.09 bits per heavy atom. The van der Waals surface area contributed by atoms with Gasteiger partial charge in [0.1, 0.15) is 17.1 Å². The van der Waals surface area contributed by atoms with Gasteiger partial charge in [0, 0.05) is 6.04 Å². The van der Waals surface area contributed by atoms with E-state index in [4.69, 9.17) is 0 Å². The van der Waals surface area contributed by atoms with Gasteiger partial charge in [-0.1, -0.05) is 12.1 Å². The van der Waals surface area contributed by atoms with Crippen molar-refractivity contribution in [1.29, 1.82) is 0 Å². The number of aromatic amines is 1. The predicted octanol–water partition coefficient (Wildman–Crippen LogP) is 2.77. The number of aromatic nitrogens is 2. The summed E-state index contributed by atoms with van der Waals surface area (Å²) in [7, 11) is 0. The number of hydrogen-bond donors (Lipinski definition) is 3. The Hall–Kier alpha value is -2.89. The zero-order valence-electron chi connectivity index (χ0n) is 12.5. The first kappa shape index (κ1) is 15.0. The molecule has 6 heteroatoms. The van der Waals surface area contributed by atoms with Crippen molar-refractivity contribution in [3.05, 3.63) is 59.7 Å². The first-order valence-electron chi connectivity index (χ1n) is 7.24. The van der Waals surface area contributed by atoms with E-state index in [9.17, 15) is 14.3 Å². The lowest BCUT2D eigenvalue weighted by atomic mass is 10.1. The van der Waals surface area contributed by atoms with Gasteiger partial charge in [-0.15, -0.1) is 0 Å². The number of imidazole rings is 1. The zero-order chi connectivity index (χ0) is 16.4. The van der Waals surface area contributed by atoms with Gasteiger partial charge in [-0.2, -0.15) is 0 Å². The summed E-state index contributed by atoms with van der Waals surface area (Å²) in [6, 6.07) is 9.14. The molecule has 118 valence electrons. The molecular weight excluding hydrogens is 297 g/mol. The van der Waals surface area contributed by atoms with Crippen LogP contribution in [0.15, 0.2) is 42.7 Å². The normalized spacial score (nSPS) is 12.3. The number of nitrogens with one attached hydrogen (secondary N) is 2. The smallest absolute Gasteiger partial charge is 0.253 e. The molecule has 2 aromatic carbocycles. The molecular formula is C17H16FN3O2. The number of hydrogen-bond acceptors (Lipinski definition) is 3. The number of carbonyl (C=O) groups excluding carboxylic acids is 1. The van der Waals surface area contributed by atoms with Gasteiger partial charge < -0.3 is 15.4 Å². The summed E-state index contributed by atoms with van der Waals surface area (Å²) >= 11 is 0. The van der Waals surface area contributed by atoms with Crippen LogP contribution in [0.5, 0.6) is 5.75 Å². The zero-order valence-corrected chi connectivity index (χ0v) is 12.5. The molecule has 3 aromatic rings. The molecule has 0 bridgehead atoms. The van der Waals surface area contributed by atoms with Gasteiger partial charge in [-0.3, -0.25) is 4.79 Å². The number of fused-ring (bicyclic) bond motifs is 1. The maximum atomic E-state index is 13.6. The Balaban J connectivity index is 1.75. The van der Waals surface area contributed by atoms with Crippen LogP contribution < -0.4 is 5.32 Å². The fourth-order valence-electron chi connectivity index (χ4n) is 2.53. The molecule has 0 saturated carbocycles. The van der Waals surface area contributed by atoms with Crippen molar-refractivity contribution in [1.82, 2.24) is 15.3 Å². The number of nitrogens with zero attached hydrogens (tertiary/aromatic N) is 1. The van der Waals surface area contributed by atoms with Crippen LogP contribution in [-0.4, -0.2) is 27.0 Å². The first-order chi connectivity index (χ1) is 11.0. The molecule has 1 amide bonds. The Bertz CT molecular complexity index is 843. The van der Waals surface area contributed by atoms with Crippen LogP contribution in [-0.2, 0) is 6.42 Å². The molecule has 0 radical (unpaired) electrons. The Labute approximate surface area is 132 Å². The van der Waals surface area contributed by atoms with Crippen molar-refractivity contribution in [2.45, 2.75) is 19.4 Å². The number of amides is 1. The number of halogens is 1. The van der Waals surface area contributed by atoms with Gasteiger partial charge in [0.25, 0.3) is 5.91 Å². The third-order valence-corrected chi connectivity index (χ3v) is 3.59. The van der Waals surface area contributed by atoms with E-state index in [1.807, 2.05) is 6.92 Å². The summed E-state index contributed by atoms with van der Waals surface area (Å²) in [6.07, 6.45) is 2.03. The maximum absolute atomic E-state index is 13.6. The minimum absolute atomic E-state index is 0.149. The number of benzene rings is 2. The highest BCUT2D eigenvalue weighted by Gasteiger charge is 2.16. The predicted molar refractivity (Wildman–Crippen MR) is 84.8 cm³/mol. The van der Waals surface area contributed by atoms with Crippen LogP contribution in [0.2, 0.25) is 0 Å². The second-order valence-electron chi connectivity index (χ2n) is 5.50. The van der Waals surface area contributed by atoms with E-state index in [2.05, 4.69) is 15.3 Å². The minimum Gasteiger partial charge on any atom is -0.508 e.